The summed E-state index contributed by atoms with van der Waals surface area (Å²) >= 11 is 1.74. The highest BCUT2D eigenvalue weighted by molar-refractivity contribution is 7.09. The molecule has 0 spiro atoms. The number of likely N-dealkylation sites (tertiary alicyclic amines) is 1. The lowest BCUT2D eigenvalue weighted by Crippen LogP contribution is -2.39. The van der Waals surface area contributed by atoms with Crippen molar-refractivity contribution in [1.82, 2.24) is 20.1 Å². The molecular weight excluding hydrogens is 308 g/mol. The van der Waals surface area contributed by atoms with Crippen LogP contribution in [-0.2, 0) is 6.42 Å². The lowest BCUT2D eigenvalue weighted by atomic mass is 9.98. The van der Waals surface area contributed by atoms with Gasteiger partial charge in [-0.15, -0.1) is 11.3 Å². The SMILES string of the molecule is CCc1csc([C@H]2CCCN(C(=O)c3cc(C4CC4)[nH]n3)C2)n1. The molecule has 2 aromatic rings. The van der Waals surface area contributed by atoms with Gasteiger partial charge in [0.25, 0.3) is 5.91 Å². The highest BCUT2D eigenvalue weighted by Gasteiger charge is 2.30. The third kappa shape index (κ3) is 3.04. The minimum atomic E-state index is 0.0603. The molecule has 1 N–H and O–H groups in total. The van der Waals surface area contributed by atoms with Gasteiger partial charge >= 0.3 is 0 Å². The fraction of sp³-hybridized carbons (Fsp3) is 0.588. The van der Waals surface area contributed by atoms with E-state index in [1.807, 2.05) is 11.0 Å². The van der Waals surface area contributed by atoms with Crippen molar-refractivity contribution in [1.29, 1.82) is 0 Å². The van der Waals surface area contributed by atoms with Crippen LogP contribution in [0.4, 0.5) is 0 Å². The summed E-state index contributed by atoms with van der Waals surface area (Å²) in [6.45, 7) is 3.72. The van der Waals surface area contributed by atoms with Gasteiger partial charge in [0, 0.05) is 36.0 Å². The second-order valence-electron chi connectivity index (χ2n) is 6.60. The van der Waals surface area contributed by atoms with Crippen molar-refractivity contribution in [2.45, 2.75) is 50.9 Å². The summed E-state index contributed by atoms with van der Waals surface area (Å²) in [7, 11) is 0. The van der Waals surface area contributed by atoms with Gasteiger partial charge in [-0.1, -0.05) is 6.92 Å². The number of nitrogens with zero attached hydrogens (tertiary/aromatic N) is 3. The first-order valence-corrected chi connectivity index (χ1v) is 9.41. The Hall–Kier alpha value is -1.69. The molecule has 2 aromatic heterocycles. The third-order valence-electron chi connectivity index (χ3n) is 4.82. The van der Waals surface area contributed by atoms with Crippen molar-refractivity contribution in [2.75, 3.05) is 13.1 Å². The maximum absolute atomic E-state index is 12.7. The number of aromatic nitrogens is 3. The summed E-state index contributed by atoms with van der Waals surface area (Å²) in [4.78, 5) is 19.4. The standard InChI is InChI=1S/C17H22N4OS/c1-2-13-10-23-16(18-13)12-4-3-7-21(9-12)17(22)15-8-14(19-20-15)11-5-6-11/h8,10-12H,2-7,9H2,1H3,(H,19,20)/t12-/m0/s1. The van der Waals surface area contributed by atoms with E-state index in [1.165, 1.54) is 17.8 Å². The average Bonchev–Trinajstić information content (AvgIpc) is 3.14. The van der Waals surface area contributed by atoms with Crippen LogP contribution >= 0.6 is 11.3 Å². The topological polar surface area (TPSA) is 61.9 Å². The van der Waals surface area contributed by atoms with Crippen molar-refractivity contribution < 1.29 is 4.79 Å². The number of hydrogen-bond acceptors (Lipinski definition) is 4. The zero-order valence-corrected chi connectivity index (χ0v) is 14.2. The van der Waals surface area contributed by atoms with Gasteiger partial charge in [-0.2, -0.15) is 5.10 Å². The van der Waals surface area contributed by atoms with E-state index in [9.17, 15) is 4.79 Å². The van der Waals surface area contributed by atoms with Crippen LogP contribution in [-0.4, -0.2) is 39.1 Å². The van der Waals surface area contributed by atoms with E-state index in [0.717, 1.165) is 43.7 Å². The predicted octanol–water partition coefficient (Wildman–Crippen LogP) is 3.33. The Kier molecular flexibility index (Phi) is 3.93. The number of hydrogen-bond donors (Lipinski definition) is 1. The number of amides is 1. The molecule has 1 aliphatic carbocycles. The fourth-order valence-electron chi connectivity index (χ4n) is 3.25. The largest absolute Gasteiger partial charge is 0.337 e. The first kappa shape index (κ1) is 14.9. The maximum atomic E-state index is 12.7. The molecule has 2 aliphatic rings. The first-order chi connectivity index (χ1) is 11.2. The van der Waals surface area contributed by atoms with Crippen LogP contribution in [0.15, 0.2) is 11.4 Å². The van der Waals surface area contributed by atoms with Crippen LogP contribution in [0.1, 0.15) is 71.3 Å². The van der Waals surface area contributed by atoms with Gasteiger partial charge in [0.1, 0.15) is 5.69 Å². The highest BCUT2D eigenvalue weighted by atomic mass is 32.1. The van der Waals surface area contributed by atoms with Gasteiger partial charge in [0.05, 0.1) is 10.7 Å². The van der Waals surface area contributed by atoms with Gasteiger partial charge in [-0.25, -0.2) is 4.98 Å². The van der Waals surface area contributed by atoms with Gasteiger partial charge in [-0.05, 0) is 38.2 Å². The molecule has 1 saturated heterocycles. The minimum absolute atomic E-state index is 0.0603. The maximum Gasteiger partial charge on any atom is 0.274 e. The molecule has 122 valence electrons. The molecule has 1 saturated carbocycles. The van der Waals surface area contributed by atoms with Crippen LogP contribution in [0.25, 0.3) is 0 Å². The lowest BCUT2D eigenvalue weighted by molar-refractivity contribution is 0.0701. The number of rotatable bonds is 4. The Bertz CT molecular complexity index is 703. The molecule has 6 heteroatoms. The van der Waals surface area contributed by atoms with Crippen molar-refractivity contribution in [3.05, 3.63) is 33.5 Å². The van der Waals surface area contributed by atoms with E-state index in [2.05, 4.69) is 22.5 Å². The van der Waals surface area contributed by atoms with Crippen molar-refractivity contribution >= 4 is 17.2 Å². The quantitative estimate of drug-likeness (QED) is 0.935. The number of nitrogens with one attached hydrogen (secondary N) is 1. The molecular formula is C17H22N4OS. The smallest absolute Gasteiger partial charge is 0.274 e. The number of H-pyrrole nitrogens is 1. The van der Waals surface area contributed by atoms with Crippen molar-refractivity contribution in [3.63, 3.8) is 0 Å². The second-order valence-corrected chi connectivity index (χ2v) is 7.49. The molecule has 1 atom stereocenters. The van der Waals surface area contributed by atoms with Crippen molar-refractivity contribution in [3.8, 4) is 0 Å². The Morgan fingerprint density at radius 3 is 3.00 bits per heavy atom. The number of aryl methyl sites for hydroxylation is 1. The van der Waals surface area contributed by atoms with Gasteiger partial charge in [0.15, 0.2) is 0 Å². The number of aromatic amines is 1. The van der Waals surface area contributed by atoms with Crippen molar-refractivity contribution in [2.24, 2.45) is 0 Å². The van der Waals surface area contributed by atoms with E-state index >= 15 is 0 Å². The molecule has 0 bridgehead atoms. The van der Waals surface area contributed by atoms with Crippen LogP contribution in [0.3, 0.4) is 0 Å². The Morgan fingerprint density at radius 2 is 2.26 bits per heavy atom. The van der Waals surface area contributed by atoms with E-state index in [4.69, 9.17) is 4.98 Å². The fourth-order valence-corrected chi connectivity index (χ4v) is 4.28. The summed E-state index contributed by atoms with van der Waals surface area (Å²) < 4.78 is 0. The Morgan fingerprint density at radius 1 is 1.39 bits per heavy atom. The normalized spacial score (nSPS) is 21.6. The van der Waals surface area contributed by atoms with Gasteiger partial charge in [0.2, 0.25) is 0 Å². The molecule has 2 fully saturated rings. The van der Waals surface area contributed by atoms with Crippen LogP contribution < -0.4 is 0 Å². The zero-order valence-electron chi connectivity index (χ0n) is 13.4. The van der Waals surface area contributed by atoms with Crippen LogP contribution in [0.2, 0.25) is 0 Å². The van der Waals surface area contributed by atoms with Gasteiger partial charge in [-0.3, -0.25) is 9.89 Å². The third-order valence-corrected chi connectivity index (χ3v) is 5.88. The number of carbonyl (C=O) groups is 1. The summed E-state index contributed by atoms with van der Waals surface area (Å²) in [6.07, 6.45) is 5.56. The van der Waals surface area contributed by atoms with E-state index in [0.29, 0.717) is 17.5 Å². The first-order valence-electron chi connectivity index (χ1n) is 8.53. The molecule has 5 nitrogen and oxygen atoms in total. The molecule has 23 heavy (non-hydrogen) atoms. The summed E-state index contributed by atoms with van der Waals surface area (Å²) in [5, 5.41) is 10.6. The summed E-state index contributed by atoms with van der Waals surface area (Å²) in [5.74, 6) is 1.03. The molecule has 3 heterocycles. The highest BCUT2D eigenvalue weighted by Crippen LogP contribution is 2.39. The Balaban J connectivity index is 1.46. The van der Waals surface area contributed by atoms with Gasteiger partial charge < -0.3 is 4.90 Å². The second kappa shape index (κ2) is 6.07. The summed E-state index contributed by atoms with van der Waals surface area (Å²) in [5.41, 5.74) is 2.85. The molecule has 1 amide bonds. The molecule has 0 aromatic carbocycles. The van der Waals surface area contributed by atoms with E-state index in [1.54, 1.807) is 11.3 Å². The predicted molar refractivity (Wildman–Crippen MR) is 89.9 cm³/mol. The number of carbonyl (C=O) groups excluding carboxylic acids is 1. The van der Waals surface area contributed by atoms with Crippen LogP contribution in [0, 0.1) is 0 Å². The van der Waals surface area contributed by atoms with E-state index in [-0.39, 0.29) is 5.91 Å². The molecule has 4 rings (SSSR count). The number of piperidine rings is 1. The molecule has 1 aliphatic heterocycles. The minimum Gasteiger partial charge on any atom is -0.337 e. The summed E-state index contributed by atoms with van der Waals surface area (Å²) in [6, 6.07) is 1.95. The molecule has 0 unspecified atom stereocenters. The van der Waals surface area contributed by atoms with Crippen LogP contribution in [0.5, 0.6) is 0 Å². The number of thiazole rings is 1. The monoisotopic (exact) mass is 330 g/mol. The lowest BCUT2D eigenvalue weighted by Gasteiger charge is -2.31. The average molecular weight is 330 g/mol. The molecule has 0 radical (unpaired) electrons. The van der Waals surface area contributed by atoms with E-state index < -0.39 is 0 Å². The zero-order chi connectivity index (χ0) is 15.8. The Labute approximate surface area is 140 Å².